The average Bonchev–Trinajstić information content (AvgIpc) is 2.66. The highest BCUT2D eigenvalue weighted by atomic mass is 79.9. The Bertz CT molecular complexity index is 347. The first-order chi connectivity index (χ1) is 6.00. The molecular weight excluding hydrogens is 299 g/mol. The van der Waals surface area contributed by atoms with Gasteiger partial charge in [-0.25, -0.2) is 4.39 Å². The van der Waals surface area contributed by atoms with Crippen molar-refractivity contribution in [1.82, 2.24) is 0 Å². The van der Waals surface area contributed by atoms with Gasteiger partial charge in [0.1, 0.15) is 5.82 Å². The normalized spacial score (nSPS) is 24.5. The third-order valence-corrected chi connectivity index (χ3v) is 4.16. The molecule has 70 valence electrons. The molecule has 0 spiro atoms. The standard InChI is InChI=1S/C10H9Br2F/c1-6-4-7(2-3-9(6)13)8-5-10(8,11)12/h2-4,8H,5H2,1H3. The summed E-state index contributed by atoms with van der Waals surface area (Å²) >= 11 is 7.11. The van der Waals surface area contributed by atoms with Gasteiger partial charge in [-0.3, -0.25) is 0 Å². The summed E-state index contributed by atoms with van der Waals surface area (Å²) in [6.07, 6.45) is 1.07. The van der Waals surface area contributed by atoms with E-state index in [9.17, 15) is 4.39 Å². The highest BCUT2D eigenvalue weighted by Crippen LogP contribution is 2.62. The maximum absolute atomic E-state index is 13.0. The van der Waals surface area contributed by atoms with Crippen molar-refractivity contribution in [3.8, 4) is 0 Å². The van der Waals surface area contributed by atoms with Crippen LogP contribution in [0.1, 0.15) is 23.5 Å². The topological polar surface area (TPSA) is 0 Å². The van der Waals surface area contributed by atoms with Crippen LogP contribution in [0.4, 0.5) is 4.39 Å². The summed E-state index contributed by atoms with van der Waals surface area (Å²) in [5, 5.41) is 0. The molecule has 1 aromatic rings. The molecule has 1 aliphatic rings. The van der Waals surface area contributed by atoms with Gasteiger partial charge in [-0.1, -0.05) is 44.0 Å². The second-order valence-electron chi connectivity index (χ2n) is 3.53. The molecule has 0 N–H and O–H groups in total. The van der Waals surface area contributed by atoms with Crippen molar-refractivity contribution in [1.29, 1.82) is 0 Å². The van der Waals surface area contributed by atoms with E-state index < -0.39 is 0 Å². The van der Waals surface area contributed by atoms with Crippen LogP contribution in [0.15, 0.2) is 18.2 Å². The summed E-state index contributed by atoms with van der Waals surface area (Å²) in [5.74, 6) is 0.353. The zero-order valence-corrected chi connectivity index (χ0v) is 10.3. The Kier molecular flexibility index (Phi) is 2.27. The van der Waals surface area contributed by atoms with Crippen LogP contribution in [0.25, 0.3) is 0 Å². The highest BCUT2D eigenvalue weighted by Gasteiger charge is 2.51. The van der Waals surface area contributed by atoms with Crippen molar-refractivity contribution in [3.05, 3.63) is 35.1 Å². The molecule has 1 atom stereocenters. The van der Waals surface area contributed by atoms with Crippen LogP contribution in [0, 0.1) is 12.7 Å². The van der Waals surface area contributed by atoms with Gasteiger partial charge in [0.05, 0.1) is 3.23 Å². The first-order valence-electron chi connectivity index (χ1n) is 4.14. The number of aryl methyl sites for hydroxylation is 1. The van der Waals surface area contributed by atoms with Gasteiger partial charge in [0.25, 0.3) is 0 Å². The molecule has 0 aromatic heterocycles. The van der Waals surface area contributed by atoms with E-state index in [2.05, 4.69) is 31.9 Å². The van der Waals surface area contributed by atoms with E-state index in [4.69, 9.17) is 0 Å². The van der Waals surface area contributed by atoms with Crippen molar-refractivity contribution in [3.63, 3.8) is 0 Å². The van der Waals surface area contributed by atoms with E-state index in [1.54, 1.807) is 13.0 Å². The van der Waals surface area contributed by atoms with E-state index in [0.29, 0.717) is 5.92 Å². The molecule has 3 heteroatoms. The zero-order valence-electron chi connectivity index (χ0n) is 7.15. The Hall–Kier alpha value is 0.110. The van der Waals surface area contributed by atoms with Crippen molar-refractivity contribution in [2.24, 2.45) is 0 Å². The maximum atomic E-state index is 13.0. The number of halogens is 3. The Balaban J connectivity index is 2.29. The fourth-order valence-electron chi connectivity index (χ4n) is 1.46. The fourth-order valence-corrected chi connectivity index (χ4v) is 2.64. The van der Waals surface area contributed by atoms with Crippen LogP contribution in [-0.4, -0.2) is 3.23 Å². The molecule has 1 aromatic carbocycles. The lowest BCUT2D eigenvalue weighted by Crippen LogP contribution is -1.90. The van der Waals surface area contributed by atoms with E-state index in [1.165, 1.54) is 5.56 Å². The van der Waals surface area contributed by atoms with Gasteiger partial charge in [0.15, 0.2) is 0 Å². The highest BCUT2D eigenvalue weighted by molar-refractivity contribution is 9.25. The third-order valence-electron chi connectivity index (χ3n) is 2.41. The second kappa shape index (κ2) is 3.06. The largest absolute Gasteiger partial charge is 0.207 e. The monoisotopic (exact) mass is 306 g/mol. The number of hydrogen-bond donors (Lipinski definition) is 0. The molecule has 1 saturated carbocycles. The van der Waals surface area contributed by atoms with Crippen molar-refractivity contribution >= 4 is 31.9 Å². The molecule has 1 fully saturated rings. The minimum Gasteiger partial charge on any atom is -0.207 e. The molecule has 1 aliphatic carbocycles. The Labute approximate surface area is 93.8 Å². The summed E-state index contributed by atoms with van der Waals surface area (Å²) < 4.78 is 13.0. The maximum Gasteiger partial charge on any atom is 0.126 e. The van der Waals surface area contributed by atoms with Crippen molar-refractivity contribution in [2.45, 2.75) is 22.5 Å². The third kappa shape index (κ3) is 1.82. The molecule has 0 nitrogen and oxygen atoms in total. The smallest absolute Gasteiger partial charge is 0.126 e. The van der Waals surface area contributed by atoms with E-state index in [-0.39, 0.29) is 9.05 Å². The molecule has 0 radical (unpaired) electrons. The van der Waals surface area contributed by atoms with E-state index in [1.807, 2.05) is 12.1 Å². The first kappa shape index (κ1) is 9.66. The molecule has 1 unspecified atom stereocenters. The lowest BCUT2D eigenvalue weighted by atomic mass is 10.1. The van der Waals surface area contributed by atoms with Crippen LogP contribution in [0.3, 0.4) is 0 Å². The van der Waals surface area contributed by atoms with Crippen molar-refractivity contribution < 1.29 is 4.39 Å². The molecule has 0 heterocycles. The number of rotatable bonds is 1. The molecule has 13 heavy (non-hydrogen) atoms. The van der Waals surface area contributed by atoms with Gasteiger partial charge < -0.3 is 0 Å². The summed E-state index contributed by atoms with van der Waals surface area (Å²) in [7, 11) is 0. The molecule has 0 saturated heterocycles. The van der Waals surface area contributed by atoms with Gasteiger partial charge in [-0.2, -0.15) is 0 Å². The van der Waals surface area contributed by atoms with Crippen LogP contribution in [0.5, 0.6) is 0 Å². The second-order valence-corrected chi connectivity index (χ2v) is 7.42. The first-order valence-corrected chi connectivity index (χ1v) is 5.73. The molecule has 2 rings (SSSR count). The van der Waals surface area contributed by atoms with E-state index in [0.717, 1.165) is 12.0 Å². The Morgan fingerprint density at radius 1 is 1.46 bits per heavy atom. The molecule has 0 amide bonds. The number of hydrogen-bond acceptors (Lipinski definition) is 0. The summed E-state index contributed by atoms with van der Waals surface area (Å²) in [6, 6.07) is 5.32. The summed E-state index contributed by atoms with van der Waals surface area (Å²) in [6.45, 7) is 1.80. The van der Waals surface area contributed by atoms with Crippen LogP contribution in [0.2, 0.25) is 0 Å². The zero-order chi connectivity index (χ0) is 9.64. The lowest BCUT2D eigenvalue weighted by molar-refractivity contribution is 0.617. The Morgan fingerprint density at radius 2 is 2.08 bits per heavy atom. The van der Waals surface area contributed by atoms with Crippen LogP contribution in [-0.2, 0) is 0 Å². The predicted octanol–water partition coefficient (Wildman–Crippen LogP) is 4.11. The fraction of sp³-hybridized carbons (Fsp3) is 0.400. The van der Waals surface area contributed by atoms with Gasteiger partial charge in [0.2, 0.25) is 0 Å². The van der Waals surface area contributed by atoms with Crippen LogP contribution >= 0.6 is 31.9 Å². The predicted molar refractivity (Wildman–Crippen MR) is 59.1 cm³/mol. The SMILES string of the molecule is Cc1cc(C2CC2(Br)Br)ccc1F. The minimum atomic E-state index is -0.126. The van der Waals surface area contributed by atoms with Gasteiger partial charge in [-0.05, 0) is 30.5 Å². The van der Waals surface area contributed by atoms with Crippen molar-refractivity contribution in [2.75, 3.05) is 0 Å². The Morgan fingerprint density at radius 3 is 2.54 bits per heavy atom. The van der Waals surface area contributed by atoms with Crippen LogP contribution < -0.4 is 0 Å². The van der Waals surface area contributed by atoms with Gasteiger partial charge in [-0.15, -0.1) is 0 Å². The van der Waals surface area contributed by atoms with E-state index >= 15 is 0 Å². The van der Waals surface area contributed by atoms with Gasteiger partial charge >= 0.3 is 0 Å². The van der Waals surface area contributed by atoms with Gasteiger partial charge in [0, 0.05) is 5.92 Å². The molecule has 0 aliphatic heterocycles. The molecule has 0 bridgehead atoms. The quantitative estimate of drug-likeness (QED) is 0.685. The number of alkyl halides is 2. The summed E-state index contributed by atoms with van der Waals surface area (Å²) in [5.41, 5.74) is 1.92. The number of benzene rings is 1. The summed E-state index contributed by atoms with van der Waals surface area (Å²) in [4.78, 5) is 0. The minimum absolute atomic E-state index is 0.0598. The average molecular weight is 308 g/mol. The lowest BCUT2D eigenvalue weighted by Gasteiger charge is -2.03. The molecular formula is C10H9Br2F.